The van der Waals surface area contributed by atoms with Gasteiger partial charge in [0.05, 0.1) is 44.4 Å². The molecule has 0 aliphatic rings. The summed E-state index contributed by atoms with van der Waals surface area (Å²) in [6.07, 6.45) is 1.92. The molecule has 8 nitrogen and oxygen atoms in total. The van der Waals surface area contributed by atoms with Crippen LogP contribution >= 0.6 is 0 Å². The van der Waals surface area contributed by atoms with E-state index in [2.05, 4.69) is 24.7 Å². The van der Waals surface area contributed by atoms with Crippen molar-refractivity contribution < 1.29 is 14.4 Å². The Hall–Kier alpha value is -2.70. The summed E-state index contributed by atoms with van der Waals surface area (Å²) in [5.74, 6) is 0.294. The van der Waals surface area contributed by atoms with Gasteiger partial charge < -0.3 is 9.47 Å². The third kappa shape index (κ3) is 4.47. The van der Waals surface area contributed by atoms with Gasteiger partial charge in [0.1, 0.15) is 23.7 Å². The summed E-state index contributed by atoms with van der Waals surface area (Å²) in [4.78, 5) is 11.0. The van der Waals surface area contributed by atoms with Gasteiger partial charge in [-0.3, -0.25) is 14.8 Å². The fraction of sp³-hybridized carbons (Fsp3) is 0.412. The Bertz CT molecular complexity index is 836. The highest BCUT2D eigenvalue weighted by Gasteiger charge is 2.26. The molecule has 0 bridgehead atoms. The Labute approximate surface area is 153 Å². The topological polar surface area (TPSA) is 103 Å². The second-order valence-electron chi connectivity index (χ2n) is 6.97. The number of ether oxygens (including phenoxy) is 2. The molecular formula is C17H22N4O4Si. The SMILES string of the molecule is COc1c(C#N)cccc1-c1c([N+](=O)[O-])cnn1CCOC[Si](C)(C)C. The minimum atomic E-state index is -1.33. The lowest BCUT2D eigenvalue weighted by Gasteiger charge is -2.16. The second-order valence-corrected chi connectivity index (χ2v) is 12.4. The first-order valence-electron chi connectivity index (χ1n) is 8.14. The molecule has 0 radical (unpaired) electrons. The predicted octanol–water partition coefficient (Wildman–Crippen LogP) is 3.23. The van der Waals surface area contributed by atoms with Crippen LogP contribution in [0.25, 0.3) is 11.3 Å². The van der Waals surface area contributed by atoms with E-state index in [4.69, 9.17) is 9.47 Å². The Morgan fingerprint density at radius 2 is 2.12 bits per heavy atom. The molecule has 0 saturated carbocycles. The van der Waals surface area contributed by atoms with Crippen LogP contribution in [0.5, 0.6) is 5.75 Å². The quantitative estimate of drug-likeness (QED) is 0.304. The Balaban J connectivity index is 2.40. The van der Waals surface area contributed by atoms with E-state index in [1.165, 1.54) is 18.0 Å². The van der Waals surface area contributed by atoms with Crippen molar-refractivity contribution in [1.82, 2.24) is 9.78 Å². The van der Waals surface area contributed by atoms with Gasteiger partial charge in [-0.2, -0.15) is 10.4 Å². The molecule has 2 aromatic rings. The maximum atomic E-state index is 11.4. The van der Waals surface area contributed by atoms with E-state index in [9.17, 15) is 15.4 Å². The molecule has 138 valence electrons. The van der Waals surface area contributed by atoms with Crippen LogP contribution in [0.15, 0.2) is 24.4 Å². The number of methoxy groups -OCH3 is 1. The van der Waals surface area contributed by atoms with Gasteiger partial charge in [-0.05, 0) is 12.1 Å². The Morgan fingerprint density at radius 3 is 2.69 bits per heavy atom. The summed E-state index contributed by atoms with van der Waals surface area (Å²) in [5.41, 5.74) is 0.937. The number of para-hydroxylation sites is 1. The lowest BCUT2D eigenvalue weighted by molar-refractivity contribution is -0.384. The van der Waals surface area contributed by atoms with Crippen molar-refractivity contribution in [2.75, 3.05) is 19.9 Å². The number of nitro groups is 1. The first kappa shape index (κ1) is 19.6. The highest BCUT2D eigenvalue weighted by atomic mass is 28.3. The minimum Gasteiger partial charge on any atom is -0.495 e. The molecule has 0 fully saturated rings. The van der Waals surface area contributed by atoms with Crippen molar-refractivity contribution in [2.24, 2.45) is 0 Å². The number of aromatic nitrogens is 2. The number of benzene rings is 1. The number of nitrogens with zero attached hydrogens (tertiary/aromatic N) is 4. The van der Waals surface area contributed by atoms with E-state index in [0.717, 1.165) is 0 Å². The fourth-order valence-corrected chi connectivity index (χ4v) is 3.27. The molecule has 0 unspecified atom stereocenters. The monoisotopic (exact) mass is 374 g/mol. The van der Waals surface area contributed by atoms with Crippen LogP contribution in [-0.2, 0) is 11.3 Å². The van der Waals surface area contributed by atoms with Crippen LogP contribution in [-0.4, -0.2) is 42.7 Å². The van der Waals surface area contributed by atoms with E-state index in [1.54, 1.807) is 18.2 Å². The molecule has 0 amide bonds. The smallest absolute Gasteiger partial charge is 0.315 e. The van der Waals surface area contributed by atoms with Gasteiger partial charge in [0.25, 0.3) is 0 Å². The number of hydrogen-bond donors (Lipinski definition) is 0. The standard InChI is InChI=1S/C17H22N4O4Si/c1-24-17-13(10-18)6-5-7-14(17)16-15(21(22)23)11-19-20(16)8-9-25-12-26(2,3)4/h5-7,11H,8-9,12H2,1-4H3. The van der Waals surface area contributed by atoms with Gasteiger partial charge >= 0.3 is 5.69 Å². The number of nitriles is 1. The summed E-state index contributed by atoms with van der Waals surface area (Å²) in [6.45, 7) is 7.38. The van der Waals surface area contributed by atoms with Crippen LogP contribution in [0, 0.1) is 21.4 Å². The lowest BCUT2D eigenvalue weighted by atomic mass is 10.1. The van der Waals surface area contributed by atoms with Crippen LogP contribution < -0.4 is 4.74 Å². The fourth-order valence-electron chi connectivity index (χ4n) is 2.52. The van der Waals surface area contributed by atoms with E-state index in [-0.39, 0.29) is 5.69 Å². The molecule has 1 heterocycles. The molecule has 0 atom stereocenters. The van der Waals surface area contributed by atoms with Crippen molar-refractivity contribution in [3.8, 4) is 23.1 Å². The summed E-state index contributed by atoms with van der Waals surface area (Å²) in [7, 11) is 0.105. The van der Waals surface area contributed by atoms with Crippen LogP contribution in [0.4, 0.5) is 5.69 Å². The predicted molar refractivity (Wildman–Crippen MR) is 99.7 cm³/mol. The van der Waals surface area contributed by atoms with Gasteiger partial charge in [-0.1, -0.05) is 25.7 Å². The zero-order chi connectivity index (χ0) is 19.3. The molecule has 9 heteroatoms. The maximum absolute atomic E-state index is 11.4. The average molecular weight is 374 g/mol. The molecule has 1 aromatic carbocycles. The Kier molecular flexibility index (Phi) is 6.13. The molecule has 2 rings (SSSR count). The van der Waals surface area contributed by atoms with Crippen LogP contribution in [0.2, 0.25) is 19.6 Å². The van der Waals surface area contributed by atoms with Gasteiger partial charge in [-0.15, -0.1) is 0 Å². The second kappa shape index (κ2) is 8.12. The van der Waals surface area contributed by atoms with Crippen molar-refractivity contribution in [3.63, 3.8) is 0 Å². The number of hydrogen-bond acceptors (Lipinski definition) is 6. The van der Waals surface area contributed by atoms with Gasteiger partial charge in [0.2, 0.25) is 0 Å². The normalized spacial score (nSPS) is 11.2. The molecule has 0 N–H and O–H groups in total. The van der Waals surface area contributed by atoms with Crippen molar-refractivity contribution in [1.29, 1.82) is 5.26 Å². The summed E-state index contributed by atoms with van der Waals surface area (Å²) >= 11 is 0. The minimum absolute atomic E-state index is 0.136. The molecule has 0 spiro atoms. The van der Waals surface area contributed by atoms with Crippen LogP contribution in [0.1, 0.15) is 5.56 Å². The Morgan fingerprint density at radius 1 is 1.38 bits per heavy atom. The molecule has 0 saturated heterocycles. The third-order valence-corrected chi connectivity index (χ3v) is 4.66. The van der Waals surface area contributed by atoms with Gasteiger partial charge in [0, 0.05) is 6.23 Å². The molecular weight excluding hydrogens is 352 g/mol. The van der Waals surface area contributed by atoms with E-state index >= 15 is 0 Å². The summed E-state index contributed by atoms with van der Waals surface area (Å²) in [5, 5.41) is 24.9. The van der Waals surface area contributed by atoms with E-state index in [0.29, 0.717) is 42.0 Å². The lowest BCUT2D eigenvalue weighted by Crippen LogP contribution is -2.29. The highest BCUT2D eigenvalue weighted by Crippen LogP contribution is 2.37. The zero-order valence-electron chi connectivity index (χ0n) is 15.4. The molecule has 26 heavy (non-hydrogen) atoms. The van der Waals surface area contributed by atoms with Crippen molar-refractivity contribution in [2.45, 2.75) is 26.2 Å². The first-order chi connectivity index (χ1) is 12.3. The molecule has 1 aromatic heterocycles. The molecule has 0 aliphatic heterocycles. The first-order valence-corrected chi connectivity index (χ1v) is 11.8. The van der Waals surface area contributed by atoms with E-state index < -0.39 is 13.0 Å². The maximum Gasteiger partial charge on any atom is 0.315 e. The largest absolute Gasteiger partial charge is 0.495 e. The van der Waals surface area contributed by atoms with Crippen LogP contribution in [0.3, 0.4) is 0 Å². The highest BCUT2D eigenvalue weighted by molar-refractivity contribution is 6.76. The van der Waals surface area contributed by atoms with Crippen molar-refractivity contribution in [3.05, 3.63) is 40.1 Å². The summed E-state index contributed by atoms with van der Waals surface area (Å²) < 4.78 is 12.6. The van der Waals surface area contributed by atoms with Crippen molar-refractivity contribution >= 4 is 13.8 Å². The third-order valence-electron chi connectivity index (χ3n) is 3.59. The molecule has 0 aliphatic carbocycles. The zero-order valence-corrected chi connectivity index (χ0v) is 16.4. The number of rotatable bonds is 8. The summed E-state index contributed by atoms with van der Waals surface area (Å²) in [6, 6.07) is 6.99. The van der Waals surface area contributed by atoms with Gasteiger partial charge in [0.15, 0.2) is 0 Å². The van der Waals surface area contributed by atoms with E-state index in [1.807, 2.05) is 6.07 Å². The van der Waals surface area contributed by atoms with Gasteiger partial charge in [-0.25, -0.2) is 0 Å². The average Bonchev–Trinajstić information content (AvgIpc) is 3.01.